The normalized spacial score (nSPS) is 13.2. The molecule has 0 radical (unpaired) electrons. The Morgan fingerprint density at radius 1 is 1.38 bits per heavy atom. The van der Waals surface area contributed by atoms with Crippen LogP contribution in [0.4, 0.5) is 0 Å². The van der Waals surface area contributed by atoms with E-state index in [-0.39, 0.29) is 6.42 Å². The molecular weight excluding hydrogens is 166 g/mol. The molecule has 78 valence electrons. The largest absolute Gasteiger partial charge is 0.481 e. The Kier molecular flexibility index (Phi) is 6.59. The summed E-state index contributed by atoms with van der Waals surface area (Å²) < 4.78 is 0. The highest BCUT2D eigenvalue weighted by atomic mass is 16.4. The van der Waals surface area contributed by atoms with Gasteiger partial charge in [0.1, 0.15) is 0 Å². The fourth-order valence-electron chi connectivity index (χ4n) is 1.34. The molecule has 0 aliphatic rings. The van der Waals surface area contributed by atoms with Gasteiger partial charge in [0.15, 0.2) is 0 Å². The Labute approximate surface area is 80.7 Å². The maximum Gasteiger partial charge on any atom is 0.304 e. The predicted octanol–water partition coefficient (Wildman–Crippen LogP) is 1.97. The molecule has 0 bridgehead atoms. The Morgan fingerprint density at radius 3 is 2.38 bits per heavy atom. The van der Waals surface area contributed by atoms with Gasteiger partial charge < -0.3 is 10.0 Å². The van der Waals surface area contributed by atoms with Crippen LogP contribution >= 0.6 is 0 Å². The summed E-state index contributed by atoms with van der Waals surface area (Å²) in [6, 6.07) is 0.499. The van der Waals surface area contributed by atoms with Gasteiger partial charge in [-0.25, -0.2) is 0 Å². The second-order valence-corrected chi connectivity index (χ2v) is 3.44. The van der Waals surface area contributed by atoms with Crippen LogP contribution in [0.3, 0.4) is 0 Å². The van der Waals surface area contributed by atoms with Gasteiger partial charge in [0, 0.05) is 12.6 Å². The van der Waals surface area contributed by atoms with Gasteiger partial charge in [-0.2, -0.15) is 0 Å². The summed E-state index contributed by atoms with van der Waals surface area (Å²) in [6.45, 7) is 8.09. The van der Waals surface area contributed by atoms with Gasteiger partial charge in [-0.3, -0.25) is 4.79 Å². The van der Waals surface area contributed by atoms with Crippen LogP contribution in [-0.2, 0) is 4.79 Å². The standard InChI is InChI=1S/C10H21NO2/c1-4-7-11(9(3)5-2)8-6-10(12)13/h9H,4-8H2,1-3H3,(H,12,13). The average Bonchev–Trinajstić information content (AvgIpc) is 2.10. The fourth-order valence-corrected chi connectivity index (χ4v) is 1.34. The van der Waals surface area contributed by atoms with Crippen LogP contribution < -0.4 is 0 Å². The van der Waals surface area contributed by atoms with E-state index in [1.54, 1.807) is 0 Å². The topological polar surface area (TPSA) is 40.5 Å². The van der Waals surface area contributed by atoms with Crippen molar-refractivity contribution < 1.29 is 9.90 Å². The van der Waals surface area contributed by atoms with Crippen LogP contribution in [-0.4, -0.2) is 35.1 Å². The lowest BCUT2D eigenvalue weighted by atomic mass is 10.2. The van der Waals surface area contributed by atoms with E-state index < -0.39 is 5.97 Å². The number of aliphatic carboxylic acids is 1. The Hall–Kier alpha value is -0.570. The zero-order valence-corrected chi connectivity index (χ0v) is 8.92. The van der Waals surface area contributed by atoms with E-state index in [4.69, 9.17) is 5.11 Å². The van der Waals surface area contributed by atoms with Crippen molar-refractivity contribution in [3.63, 3.8) is 0 Å². The van der Waals surface area contributed by atoms with Crippen LogP contribution in [0.25, 0.3) is 0 Å². The summed E-state index contributed by atoms with van der Waals surface area (Å²) >= 11 is 0. The van der Waals surface area contributed by atoms with Gasteiger partial charge >= 0.3 is 5.97 Å². The van der Waals surface area contributed by atoms with Crippen LogP contribution in [0.5, 0.6) is 0 Å². The molecule has 0 amide bonds. The molecule has 1 atom stereocenters. The number of hydrogen-bond acceptors (Lipinski definition) is 2. The van der Waals surface area contributed by atoms with Gasteiger partial charge in [-0.15, -0.1) is 0 Å². The molecule has 0 saturated carbocycles. The molecule has 1 unspecified atom stereocenters. The van der Waals surface area contributed by atoms with Crippen molar-refractivity contribution in [1.82, 2.24) is 4.90 Å². The number of nitrogens with zero attached hydrogens (tertiary/aromatic N) is 1. The SMILES string of the molecule is CCCN(CCC(=O)O)C(C)CC. The third-order valence-corrected chi connectivity index (χ3v) is 2.34. The van der Waals surface area contributed by atoms with Crippen LogP contribution in [0.1, 0.15) is 40.0 Å². The monoisotopic (exact) mass is 187 g/mol. The average molecular weight is 187 g/mol. The molecule has 0 heterocycles. The van der Waals surface area contributed by atoms with E-state index in [9.17, 15) is 4.79 Å². The van der Waals surface area contributed by atoms with Crippen LogP contribution in [0.15, 0.2) is 0 Å². The number of carboxylic acids is 1. The molecule has 0 aromatic heterocycles. The van der Waals surface area contributed by atoms with E-state index in [0.717, 1.165) is 19.4 Å². The van der Waals surface area contributed by atoms with E-state index in [1.165, 1.54) is 0 Å². The molecule has 13 heavy (non-hydrogen) atoms. The summed E-state index contributed by atoms with van der Waals surface area (Å²) in [6.07, 6.45) is 2.42. The minimum atomic E-state index is -0.704. The summed E-state index contributed by atoms with van der Waals surface area (Å²) in [5.41, 5.74) is 0. The maximum atomic E-state index is 10.4. The molecule has 0 aromatic rings. The van der Waals surface area contributed by atoms with Gasteiger partial charge in [0.05, 0.1) is 6.42 Å². The lowest BCUT2D eigenvalue weighted by Crippen LogP contribution is -2.35. The molecule has 0 saturated heterocycles. The zero-order chi connectivity index (χ0) is 10.3. The van der Waals surface area contributed by atoms with Crippen molar-refractivity contribution in [3.8, 4) is 0 Å². The first-order valence-electron chi connectivity index (χ1n) is 5.07. The minimum absolute atomic E-state index is 0.254. The molecule has 1 N–H and O–H groups in total. The van der Waals surface area contributed by atoms with Crippen molar-refractivity contribution in [3.05, 3.63) is 0 Å². The van der Waals surface area contributed by atoms with E-state index >= 15 is 0 Å². The molecule has 0 aromatic carbocycles. The molecule has 0 aliphatic carbocycles. The predicted molar refractivity (Wildman–Crippen MR) is 53.9 cm³/mol. The highest BCUT2D eigenvalue weighted by Gasteiger charge is 2.11. The smallest absolute Gasteiger partial charge is 0.304 e. The Morgan fingerprint density at radius 2 is 2.00 bits per heavy atom. The number of rotatable bonds is 7. The molecule has 0 fully saturated rings. The molecule has 0 rings (SSSR count). The first-order chi connectivity index (χ1) is 6.11. The van der Waals surface area contributed by atoms with E-state index in [1.807, 2.05) is 0 Å². The highest BCUT2D eigenvalue weighted by Crippen LogP contribution is 2.05. The third-order valence-electron chi connectivity index (χ3n) is 2.34. The van der Waals surface area contributed by atoms with Gasteiger partial charge in [-0.05, 0) is 26.3 Å². The van der Waals surface area contributed by atoms with Crippen LogP contribution in [0.2, 0.25) is 0 Å². The summed E-state index contributed by atoms with van der Waals surface area (Å²) in [5.74, 6) is -0.704. The number of carboxylic acid groups (broad SMARTS) is 1. The first-order valence-corrected chi connectivity index (χ1v) is 5.07. The molecule has 3 nitrogen and oxygen atoms in total. The van der Waals surface area contributed by atoms with Gasteiger partial charge in [0.2, 0.25) is 0 Å². The first kappa shape index (κ1) is 12.4. The summed E-state index contributed by atoms with van der Waals surface area (Å²) in [7, 11) is 0. The van der Waals surface area contributed by atoms with Crippen LogP contribution in [0, 0.1) is 0 Å². The number of hydrogen-bond donors (Lipinski definition) is 1. The lowest BCUT2D eigenvalue weighted by molar-refractivity contribution is -0.137. The summed E-state index contributed by atoms with van der Waals surface area (Å²) in [5, 5.41) is 8.56. The molecular formula is C10H21NO2. The third kappa shape index (κ3) is 5.64. The van der Waals surface area contributed by atoms with Crippen molar-refractivity contribution in [2.24, 2.45) is 0 Å². The van der Waals surface area contributed by atoms with Crippen molar-refractivity contribution in [1.29, 1.82) is 0 Å². The molecule has 0 spiro atoms. The van der Waals surface area contributed by atoms with Gasteiger partial charge in [0.25, 0.3) is 0 Å². The van der Waals surface area contributed by atoms with E-state index in [2.05, 4.69) is 25.7 Å². The van der Waals surface area contributed by atoms with Crippen molar-refractivity contribution >= 4 is 5.97 Å². The van der Waals surface area contributed by atoms with E-state index in [0.29, 0.717) is 12.6 Å². The Bertz CT molecular complexity index is 148. The quantitative estimate of drug-likeness (QED) is 0.662. The van der Waals surface area contributed by atoms with Crippen molar-refractivity contribution in [2.45, 2.75) is 46.1 Å². The number of carbonyl (C=O) groups is 1. The van der Waals surface area contributed by atoms with Gasteiger partial charge in [-0.1, -0.05) is 13.8 Å². The molecule has 3 heteroatoms. The van der Waals surface area contributed by atoms with Crippen molar-refractivity contribution in [2.75, 3.05) is 13.1 Å². The molecule has 0 aliphatic heterocycles. The fraction of sp³-hybridized carbons (Fsp3) is 0.900. The lowest BCUT2D eigenvalue weighted by Gasteiger charge is -2.27. The zero-order valence-electron chi connectivity index (χ0n) is 8.92. The second-order valence-electron chi connectivity index (χ2n) is 3.44. The minimum Gasteiger partial charge on any atom is -0.481 e. The Balaban J connectivity index is 3.86. The highest BCUT2D eigenvalue weighted by molar-refractivity contribution is 5.66. The second kappa shape index (κ2) is 6.89. The maximum absolute atomic E-state index is 10.4. The summed E-state index contributed by atoms with van der Waals surface area (Å²) in [4.78, 5) is 12.6.